The second-order valence-electron chi connectivity index (χ2n) is 11.7. The van der Waals surface area contributed by atoms with Crippen LogP contribution in [0, 0.1) is 0 Å². The van der Waals surface area contributed by atoms with E-state index in [1.807, 2.05) is 24.3 Å². The van der Waals surface area contributed by atoms with Crippen LogP contribution in [-0.4, -0.2) is 15.0 Å². The highest BCUT2D eigenvalue weighted by Gasteiger charge is 2.18. The zero-order valence-electron chi connectivity index (χ0n) is 26.2. The number of benzene rings is 7. The third kappa shape index (κ3) is 6.05. The van der Waals surface area contributed by atoms with E-state index in [9.17, 15) is 0 Å². The molecule has 0 radical (unpaired) electrons. The van der Waals surface area contributed by atoms with E-state index in [2.05, 4.69) is 164 Å². The van der Waals surface area contributed by atoms with Crippen LogP contribution in [0.3, 0.4) is 0 Å². The lowest BCUT2D eigenvalue weighted by atomic mass is 9.94. The van der Waals surface area contributed by atoms with Crippen molar-refractivity contribution in [3.8, 4) is 78.7 Å². The molecule has 0 aliphatic carbocycles. The Hall–Kier alpha value is -6.45. The zero-order valence-corrected chi connectivity index (χ0v) is 26.2. The summed E-state index contributed by atoms with van der Waals surface area (Å²) in [6.45, 7) is 0. The van der Waals surface area contributed by atoms with E-state index in [-0.39, 0.29) is 0 Å². The van der Waals surface area contributed by atoms with Gasteiger partial charge in [0.25, 0.3) is 0 Å². The summed E-state index contributed by atoms with van der Waals surface area (Å²) < 4.78 is 0. The van der Waals surface area contributed by atoms with Crippen LogP contribution < -0.4 is 0 Å². The summed E-state index contributed by atoms with van der Waals surface area (Å²) in [5, 5.41) is 0. The molecule has 1 heterocycles. The Labute approximate surface area is 280 Å². The molecule has 3 heteroatoms. The molecule has 0 saturated carbocycles. The SMILES string of the molecule is c1ccc(-c2cccc(-c3nc(-c4cccc(-c5ccccc5)c4)nc(-c4cc(-c5ccccc5)ccc4-c4ccccc4)n3)c2)cc1. The fourth-order valence-electron chi connectivity index (χ4n) is 6.10. The quantitative estimate of drug-likeness (QED) is 0.179. The summed E-state index contributed by atoms with van der Waals surface area (Å²) in [5.74, 6) is 1.88. The van der Waals surface area contributed by atoms with Crippen molar-refractivity contribution in [3.63, 3.8) is 0 Å². The summed E-state index contributed by atoms with van der Waals surface area (Å²) in [5.41, 5.74) is 11.7. The number of rotatable bonds is 7. The van der Waals surface area contributed by atoms with Gasteiger partial charge in [0.1, 0.15) is 0 Å². The molecule has 226 valence electrons. The molecule has 0 fully saturated rings. The molecule has 0 N–H and O–H groups in total. The van der Waals surface area contributed by atoms with Gasteiger partial charge in [0, 0.05) is 16.7 Å². The first-order valence-electron chi connectivity index (χ1n) is 16.1. The number of hydrogen-bond acceptors (Lipinski definition) is 3. The highest BCUT2D eigenvalue weighted by Crippen LogP contribution is 2.36. The van der Waals surface area contributed by atoms with Gasteiger partial charge in [-0.15, -0.1) is 0 Å². The fraction of sp³-hybridized carbons (Fsp3) is 0. The van der Waals surface area contributed by atoms with E-state index in [0.29, 0.717) is 17.5 Å². The van der Waals surface area contributed by atoms with Crippen molar-refractivity contribution < 1.29 is 0 Å². The minimum atomic E-state index is 0.627. The zero-order chi connectivity index (χ0) is 32.1. The normalized spacial score (nSPS) is 10.9. The van der Waals surface area contributed by atoms with Crippen molar-refractivity contribution in [2.24, 2.45) is 0 Å². The van der Waals surface area contributed by atoms with Crippen LogP contribution in [0.25, 0.3) is 78.7 Å². The summed E-state index contributed by atoms with van der Waals surface area (Å²) in [7, 11) is 0. The smallest absolute Gasteiger partial charge is 0.164 e. The molecule has 7 aromatic carbocycles. The van der Waals surface area contributed by atoms with Crippen LogP contribution in [0.2, 0.25) is 0 Å². The Morgan fingerprint density at radius 3 is 1.02 bits per heavy atom. The van der Waals surface area contributed by atoms with Gasteiger partial charge in [-0.25, -0.2) is 15.0 Å². The summed E-state index contributed by atoms with van der Waals surface area (Å²) in [4.78, 5) is 15.6. The average molecular weight is 614 g/mol. The molecule has 0 aliphatic heterocycles. The van der Waals surface area contributed by atoms with Crippen LogP contribution in [0.15, 0.2) is 188 Å². The molecule has 0 atom stereocenters. The van der Waals surface area contributed by atoms with Crippen molar-refractivity contribution in [1.82, 2.24) is 15.0 Å². The van der Waals surface area contributed by atoms with Gasteiger partial charge in [-0.2, -0.15) is 0 Å². The van der Waals surface area contributed by atoms with Crippen LogP contribution in [0.4, 0.5) is 0 Å². The van der Waals surface area contributed by atoms with E-state index < -0.39 is 0 Å². The van der Waals surface area contributed by atoms with Crippen molar-refractivity contribution in [2.75, 3.05) is 0 Å². The average Bonchev–Trinajstić information content (AvgIpc) is 3.19. The third-order valence-electron chi connectivity index (χ3n) is 8.54. The van der Waals surface area contributed by atoms with Crippen molar-refractivity contribution in [2.45, 2.75) is 0 Å². The van der Waals surface area contributed by atoms with E-state index >= 15 is 0 Å². The van der Waals surface area contributed by atoms with Gasteiger partial charge in [-0.3, -0.25) is 0 Å². The van der Waals surface area contributed by atoms with Gasteiger partial charge < -0.3 is 0 Å². The first-order valence-corrected chi connectivity index (χ1v) is 16.1. The molecule has 0 unspecified atom stereocenters. The number of nitrogens with zero attached hydrogens (tertiary/aromatic N) is 3. The lowest BCUT2D eigenvalue weighted by Crippen LogP contribution is -2.01. The first-order chi connectivity index (χ1) is 23.8. The minimum absolute atomic E-state index is 0.627. The van der Waals surface area contributed by atoms with Gasteiger partial charge in [0.2, 0.25) is 0 Å². The standard InChI is InChI=1S/C45H31N3/c1-5-15-32(16-6-1)36-23-13-25-39(29-36)43-46-44(40-26-14-24-37(30-40)33-17-7-2-8-18-33)48-45(47-43)42-31-38(34-19-9-3-10-20-34)27-28-41(42)35-21-11-4-12-22-35/h1-31H. The highest BCUT2D eigenvalue weighted by molar-refractivity contribution is 5.86. The predicted molar refractivity (Wildman–Crippen MR) is 198 cm³/mol. The topological polar surface area (TPSA) is 38.7 Å². The van der Waals surface area contributed by atoms with E-state index in [1.165, 1.54) is 0 Å². The molecule has 48 heavy (non-hydrogen) atoms. The Morgan fingerprint density at radius 1 is 0.208 bits per heavy atom. The molecule has 0 spiro atoms. The molecular weight excluding hydrogens is 583 g/mol. The second kappa shape index (κ2) is 13.1. The van der Waals surface area contributed by atoms with Crippen molar-refractivity contribution >= 4 is 0 Å². The van der Waals surface area contributed by atoms with Gasteiger partial charge in [0.15, 0.2) is 17.5 Å². The van der Waals surface area contributed by atoms with Crippen molar-refractivity contribution in [1.29, 1.82) is 0 Å². The fourth-order valence-corrected chi connectivity index (χ4v) is 6.10. The van der Waals surface area contributed by atoms with Gasteiger partial charge in [-0.05, 0) is 62.7 Å². The second-order valence-corrected chi connectivity index (χ2v) is 11.7. The highest BCUT2D eigenvalue weighted by atomic mass is 15.0. The Kier molecular flexibility index (Phi) is 7.92. The lowest BCUT2D eigenvalue weighted by molar-refractivity contribution is 1.07. The molecular formula is C45H31N3. The van der Waals surface area contributed by atoms with E-state index in [4.69, 9.17) is 15.0 Å². The maximum absolute atomic E-state index is 5.21. The molecule has 8 rings (SSSR count). The van der Waals surface area contributed by atoms with Crippen LogP contribution >= 0.6 is 0 Å². The minimum Gasteiger partial charge on any atom is -0.208 e. The largest absolute Gasteiger partial charge is 0.208 e. The van der Waals surface area contributed by atoms with Crippen molar-refractivity contribution in [3.05, 3.63) is 188 Å². The van der Waals surface area contributed by atoms with E-state index in [0.717, 1.165) is 61.2 Å². The molecule has 0 amide bonds. The first kappa shape index (κ1) is 29.0. The predicted octanol–water partition coefficient (Wildman–Crippen LogP) is 11.5. The maximum Gasteiger partial charge on any atom is 0.164 e. The molecule has 1 aromatic heterocycles. The summed E-state index contributed by atoms with van der Waals surface area (Å²) in [6.07, 6.45) is 0. The summed E-state index contributed by atoms with van der Waals surface area (Å²) in [6, 6.07) is 65.2. The Bertz CT molecular complexity index is 2220. The lowest BCUT2D eigenvalue weighted by Gasteiger charge is -2.14. The Balaban J connectivity index is 1.35. The molecule has 0 bridgehead atoms. The van der Waals surface area contributed by atoms with Gasteiger partial charge >= 0.3 is 0 Å². The molecule has 3 nitrogen and oxygen atoms in total. The number of hydrogen-bond donors (Lipinski definition) is 0. The summed E-state index contributed by atoms with van der Waals surface area (Å²) >= 11 is 0. The Morgan fingerprint density at radius 2 is 0.562 bits per heavy atom. The van der Waals surface area contributed by atoms with Crippen LogP contribution in [0.5, 0.6) is 0 Å². The monoisotopic (exact) mass is 613 g/mol. The van der Waals surface area contributed by atoms with Gasteiger partial charge in [0.05, 0.1) is 0 Å². The molecule has 0 aliphatic rings. The van der Waals surface area contributed by atoms with Gasteiger partial charge in [-0.1, -0.05) is 170 Å². The van der Waals surface area contributed by atoms with Crippen LogP contribution in [-0.2, 0) is 0 Å². The third-order valence-corrected chi connectivity index (χ3v) is 8.54. The molecule has 8 aromatic rings. The maximum atomic E-state index is 5.21. The van der Waals surface area contributed by atoms with E-state index in [1.54, 1.807) is 0 Å². The van der Waals surface area contributed by atoms with Crippen LogP contribution in [0.1, 0.15) is 0 Å². The molecule has 0 saturated heterocycles. The number of aromatic nitrogens is 3.